The first-order valence-corrected chi connectivity index (χ1v) is 17.4. The zero-order valence-electron chi connectivity index (χ0n) is 28.9. The molecule has 5 rings (SSSR count). The van der Waals surface area contributed by atoms with E-state index in [1.807, 2.05) is 24.3 Å². The van der Waals surface area contributed by atoms with E-state index in [-0.39, 0.29) is 65.3 Å². The van der Waals surface area contributed by atoms with Crippen molar-refractivity contribution in [2.24, 2.45) is 0 Å². The van der Waals surface area contributed by atoms with E-state index >= 15 is 0 Å². The molecule has 0 saturated carbocycles. The van der Waals surface area contributed by atoms with Gasteiger partial charge < -0.3 is 40.5 Å². The van der Waals surface area contributed by atoms with E-state index in [2.05, 4.69) is 25.9 Å². The molecule has 0 bridgehead atoms. The highest BCUT2D eigenvalue weighted by Crippen LogP contribution is 2.43. The maximum absolute atomic E-state index is 13.4. The molecule has 1 amide bonds. The molecule has 3 atom stereocenters. The second-order valence-corrected chi connectivity index (χ2v) is 13.5. The fourth-order valence-electron chi connectivity index (χ4n) is 5.85. The summed E-state index contributed by atoms with van der Waals surface area (Å²) >= 11 is 13.5. The molecule has 1 aliphatic carbocycles. The molecule has 2 heterocycles. The number of nitrogens with one attached hydrogen (secondary N) is 3. The van der Waals surface area contributed by atoms with Gasteiger partial charge in [-0.05, 0) is 60.2 Å². The number of amides is 1. The van der Waals surface area contributed by atoms with Gasteiger partial charge in [0.25, 0.3) is 5.91 Å². The van der Waals surface area contributed by atoms with Crippen LogP contribution in [0.5, 0.6) is 11.8 Å². The van der Waals surface area contributed by atoms with E-state index < -0.39 is 36.1 Å². The highest BCUT2D eigenvalue weighted by atomic mass is 35.5. The summed E-state index contributed by atoms with van der Waals surface area (Å²) in [6.07, 6.45) is 0.964. The minimum absolute atomic E-state index is 0.0545. The fraction of sp³-hybridized carbons (Fsp3) is 0.324. The number of aliphatic hydroxyl groups is 2. The number of methoxy groups -OCH3 is 1. The van der Waals surface area contributed by atoms with Crippen molar-refractivity contribution in [1.29, 1.82) is 0 Å². The van der Waals surface area contributed by atoms with Crippen LogP contribution >= 0.6 is 23.2 Å². The van der Waals surface area contributed by atoms with Crippen LogP contribution in [0.4, 0.5) is 5.82 Å². The lowest BCUT2D eigenvalue weighted by Crippen LogP contribution is -2.52. The van der Waals surface area contributed by atoms with Crippen molar-refractivity contribution >= 4 is 46.9 Å². The Morgan fingerprint density at radius 3 is 2.47 bits per heavy atom. The number of benzene rings is 2. The standard InChI is InChI=1S/C37H39Cl2N5O9/c1-37(19-45,36(50)51)42-16-20-9-12-30(41-15-20)43-33(49)27-8-4-7-26(32(27)39)23-5-3-6-25-24(23)10-11-29(25)53-35-28(38)13-21(34(44-35)52-2)17-40-18-22(46)14-31(47)48/h3-9,12-13,15,22,29,40,42,45-46H,10-11,14,16-19H2,1-2H3,(H,47,48)(H,50,51)(H,41,43,49)/t22?,29-,37?/m0/s1. The lowest BCUT2D eigenvalue weighted by molar-refractivity contribution is -0.146. The molecule has 280 valence electrons. The maximum atomic E-state index is 13.4. The molecule has 16 heteroatoms. The Kier molecular flexibility index (Phi) is 12.9. The van der Waals surface area contributed by atoms with Crippen LogP contribution < -0.4 is 25.4 Å². The first-order chi connectivity index (χ1) is 25.3. The van der Waals surface area contributed by atoms with Gasteiger partial charge in [-0.15, -0.1) is 0 Å². The minimum Gasteiger partial charge on any atom is -0.481 e. The highest BCUT2D eigenvalue weighted by molar-refractivity contribution is 6.37. The number of hydrogen-bond acceptors (Lipinski definition) is 11. The third-order valence-electron chi connectivity index (χ3n) is 8.82. The van der Waals surface area contributed by atoms with Crippen molar-refractivity contribution in [2.75, 3.05) is 25.6 Å². The Balaban J connectivity index is 1.28. The smallest absolute Gasteiger partial charge is 0.326 e. The van der Waals surface area contributed by atoms with Crippen LogP contribution in [-0.4, -0.2) is 80.1 Å². The van der Waals surface area contributed by atoms with Gasteiger partial charge in [0.1, 0.15) is 22.5 Å². The number of rotatable bonds is 17. The molecule has 2 unspecified atom stereocenters. The van der Waals surface area contributed by atoms with Gasteiger partial charge in [-0.1, -0.05) is 59.6 Å². The zero-order valence-corrected chi connectivity index (χ0v) is 30.4. The Hall–Kier alpha value is -4.83. The van der Waals surface area contributed by atoms with Crippen molar-refractivity contribution in [3.63, 3.8) is 0 Å². The Labute approximate surface area is 315 Å². The van der Waals surface area contributed by atoms with Crippen LogP contribution in [0.1, 0.15) is 58.5 Å². The average molecular weight is 769 g/mol. The molecule has 4 aromatic rings. The molecule has 53 heavy (non-hydrogen) atoms. The van der Waals surface area contributed by atoms with Gasteiger partial charge in [-0.3, -0.25) is 19.7 Å². The SMILES string of the molecule is COc1nc(O[C@H]2CCc3c(-c4cccc(C(=O)Nc5ccc(CNC(C)(CO)C(=O)O)cn5)c4Cl)cccc32)c(Cl)cc1CNCC(O)CC(=O)O. The highest BCUT2D eigenvalue weighted by Gasteiger charge is 2.32. The summed E-state index contributed by atoms with van der Waals surface area (Å²) in [6.45, 7) is 1.21. The molecule has 14 nitrogen and oxygen atoms in total. The number of fused-ring (bicyclic) bond motifs is 1. The van der Waals surface area contributed by atoms with Gasteiger partial charge in [0, 0.05) is 37.0 Å². The van der Waals surface area contributed by atoms with Crippen molar-refractivity contribution < 1.29 is 44.3 Å². The molecule has 1 aliphatic rings. The van der Waals surface area contributed by atoms with Gasteiger partial charge in [-0.2, -0.15) is 4.98 Å². The molecular formula is C37H39Cl2N5O9. The largest absolute Gasteiger partial charge is 0.481 e. The number of ether oxygens (including phenoxy) is 2. The average Bonchev–Trinajstić information content (AvgIpc) is 3.54. The minimum atomic E-state index is -1.51. The first-order valence-electron chi connectivity index (χ1n) is 16.6. The number of hydrogen-bond donors (Lipinski definition) is 7. The normalized spacial score (nSPS) is 15.2. The number of aliphatic carboxylic acids is 2. The van der Waals surface area contributed by atoms with E-state index in [0.717, 1.165) is 16.7 Å². The van der Waals surface area contributed by atoms with Gasteiger partial charge in [0.2, 0.25) is 11.8 Å². The van der Waals surface area contributed by atoms with Crippen molar-refractivity contribution in [3.05, 3.63) is 98.7 Å². The summed E-state index contributed by atoms with van der Waals surface area (Å²) in [5, 5.41) is 46.5. The molecule has 2 aromatic heterocycles. The number of carboxylic acids is 2. The number of carbonyl (C=O) groups excluding carboxylic acids is 1. The number of pyridine rings is 2. The number of aromatic nitrogens is 2. The topological polar surface area (TPSA) is 212 Å². The zero-order chi connectivity index (χ0) is 38.3. The lowest BCUT2D eigenvalue weighted by atomic mass is 9.95. The van der Waals surface area contributed by atoms with Crippen molar-refractivity contribution in [2.45, 2.75) is 57.0 Å². The summed E-state index contributed by atoms with van der Waals surface area (Å²) in [4.78, 5) is 44.4. The van der Waals surface area contributed by atoms with Crippen LogP contribution in [-0.2, 0) is 29.1 Å². The molecule has 2 aromatic carbocycles. The number of aliphatic hydroxyl groups excluding tert-OH is 2. The van der Waals surface area contributed by atoms with Gasteiger partial charge in [-0.25, -0.2) is 4.98 Å². The molecule has 0 spiro atoms. The molecule has 0 radical (unpaired) electrons. The Morgan fingerprint density at radius 2 is 1.79 bits per heavy atom. The summed E-state index contributed by atoms with van der Waals surface area (Å²) in [7, 11) is 1.46. The van der Waals surface area contributed by atoms with Crippen LogP contribution in [0.25, 0.3) is 11.1 Å². The predicted octanol–water partition coefficient (Wildman–Crippen LogP) is 4.63. The number of halogens is 2. The van der Waals surface area contributed by atoms with E-state index in [4.69, 9.17) is 37.8 Å². The quantitative estimate of drug-likeness (QED) is 0.0782. The number of nitrogens with zero attached hydrogens (tertiary/aromatic N) is 2. The van der Waals surface area contributed by atoms with Crippen LogP contribution in [0.2, 0.25) is 10.0 Å². The summed E-state index contributed by atoms with van der Waals surface area (Å²) < 4.78 is 11.8. The molecular weight excluding hydrogens is 729 g/mol. The van der Waals surface area contributed by atoms with E-state index in [9.17, 15) is 29.7 Å². The fourth-order valence-corrected chi connectivity index (χ4v) is 6.38. The Morgan fingerprint density at radius 1 is 1.04 bits per heavy atom. The molecule has 0 saturated heterocycles. The van der Waals surface area contributed by atoms with Crippen molar-refractivity contribution in [1.82, 2.24) is 20.6 Å². The summed E-state index contributed by atoms with van der Waals surface area (Å²) in [5.41, 5.74) is 3.43. The van der Waals surface area contributed by atoms with E-state index in [0.29, 0.717) is 29.5 Å². The van der Waals surface area contributed by atoms with E-state index in [1.165, 1.54) is 20.2 Å². The van der Waals surface area contributed by atoms with Crippen LogP contribution in [0.15, 0.2) is 60.8 Å². The van der Waals surface area contributed by atoms with Crippen LogP contribution in [0, 0.1) is 0 Å². The predicted molar refractivity (Wildman–Crippen MR) is 196 cm³/mol. The first kappa shape index (κ1) is 39.4. The third-order valence-corrected chi connectivity index (χ3v) is 9.50. The lowest BCUT2D eigenvalue weighted by Gasteiger charge is -2.23. The Bertz CT molecular complexity index is 1980. The molecule has 0 aliphatic heterocycles. The van der Waals surface area contributed by atoms with Crippen molar-refractivity contribution in [3.8, 4) is 22.9 Å². The van der Waals surface area contributed by atoms with Gasteiger partial charge >= 0.3 is 11.9 Å². The number of carbonyl (C=O) groups is 3. The number of carboxylic acid groups (broad SMARTS) is 2. The summed E-state index contributed by atoms with van der Waals surface area (Å²) in [5.74, 6) is -2.03. The maximum Gasteiger partial charge on any atom is 0.326 e. The third kappa shape index (κ3) is 9.40. The second kappa shape index (κ2) is 17.3. The molecule has 7 N–H and O–H groups in total. The van der Waals surface area contributed by atoms with Gasteiger partial charge in [0.05, 0.1) is 36.8 Å². The number of anilines is 1. The van der Waals surface area contributed by atoms with Crippen LogP contribution in [0.3, 0.4) is 0 Å². The summed E-state index contributed by atoms with van der Waals surface area (Å²) in [6, 6.07) is 15.9. The molecule has 0 fully saturated rings. The van der Waals surface area contributed by atoms with E-state index in [1.54, 1.807) is 30.3 Å². The van der Waals surface area contributed by atoms with Gasteiger partial charge in [0.15, 0.2) is 0 Å². The monoisotopic (exact) mass is 767 g/mol. The second-order valence-electron chi connectivity index (χ2n) is 12.7.